The Labute approximate surface area is 106 Å². The van der Waals surface area contributed by atoms with E-state index in [1.165, 1.54) is 17.1 Å². The van der Waals surface area contributed by atoms with Crippen LogP contribution in [0.1, 0.15) is 10.5 Å². The van der Waals surface area contributed by atoms with Crippen LogP contribution in [0.25, 0.3) is 17.0 Å². The first kappa shape index (κ1) is 11.1. The van der Waals surface area contributed by atoms with E-state index in [9.17, 15) is 4.79 Å². The van der Waals surface area contributed by atoms with E-state index in [0.29, 0.717) is 22.9 Å². The summed E-state index contributed by atoms with van der Waals surface area (Å²) in [5, 5.41) is 6.90. The zero-order chi connectivity index (χ0) is 13.4. The molecule has 0 unspecified atom stereocenters. The number of amides is 1. The molecule has 0 saturated heterocycles. The number of carbonyl (C=O) groups is 1. The smallest absolute Gasteiger partial charge is 0.269 e. The second-order valence-electron chi connectivity index (χ2n) is 3.73. The largest absolute Gasteiger partial charge is 0.364 e. The van der Waals surface area contributed by atoms with Gasteiger partial charge < -0.3 is 16.0 Å². The molecule has 0 spiro atoms. The lowest BCUT2D eigenvalue weighted by molar-refractivity contribution is 0.0995. The van der Waals surface area contributed by atoms with Gasteiger partial charge in [-0.05, 0) is 6.07 Å². The Kier molecular flexibility index (Phi) is 2.37. The van der Waals surface area contributed by atoms with Crippen molar-refractivity contribution in [1.29, 1.82) is 0 Å². The topological polar surface area (TPSA) is 127 Å². The van der Waals surface area contributed by atoms with Crippen molar-refractivity contribution >= 4 is 23.0 Å². The maximum Gasteiger partial charge on any atom is 0.269 e. The lowest BCUT2D eigenvalue weighted by Crippen LogP contribution is -2.13. The molecule has 0 bridgehead atoms. The molecule has 1 amide bonds. The Morgan fingerprint density at radius 2 is 2.32 bits per heavy atom. The van der Waals surface area contributed by atoms with Crippen molar-refractivity contribution in [3.05, 3.63) is 24.3 Å². The average molecular weight is 258 g/mol. The number of nitrogens with two attached hydrogens (primary N) is 1. The molecule has 0 saturated carbocycles. The summed E-state index contributed by atoms with van der Waals surface area (Å²) in [4.78, 5) is 26.5. The molecule has 0 atom stereocenters. The summed E-state index contributed by atoms with van der Waals surface area (Å²) in [6, 6.07) is 1.52. The fraction of sp³-hybridized carbons (Fsp3) is 0.100. The molecule has 3 heterocycles. The number of fused-ring (bicyclic) bond motifs is 1. The maximum atomic E-state index is 11.1. The van der Waals surface area contributed by atoms with Crippen LogP contribution in [0.5, 0.6) is 0 Å². The standard InChI is InChI=1S/C10H10N8O/c1-12-10-15-8-6(13-4-14-8)9(16-10)18-3-2-5(17-18)7(11)19/h2-4H,1H3,(H2,11,19)(H2,12,13,14,15,16). The number of primary amides is 1. The van der Waals surface area contributed by atoms with Crippen molar-refractivity contribution in [2.75, 3.05) is 12.4 Å². The summed E-state index contributed by atoms with van der Waals surface area (Å²) in [5.74, 6) is 0.299. The van der Waals surface area contributed by atoms with Crippen LogP contribution < -0.4 is 11.1 Å². The highest BCUT2D eigenvalue weighted by atomic mass is 16.1. The molecule has 4 N–H and O–H groups in total. The van der Waals surface area contributed by atoms with Crippen molar-refractivity contribution < 1.29 is 4.79 Å². The van der Waals surface area contributed by atoms with Crippen molar-refractivity contribution in [3.63, 3.8) is 0 Å². The van der Waals surface area contributed by atoms with Crippen LogP contribution in [0.15, 0.2) is 18.6 Å². The van der Waals surface area contributed by atoms with Gasteiger partial charge in [-0.3, -0.25) is 4.79 Å². The first-order valence-corrected chi connectivity index (χ1v) is 5.44. The molecule has 0 aromatic carbocycles. The number of aromatic amines is 1. The van der Waals surface area contributed by atoms with Gasteiger partial charge in [-0.15, -0.1) is 0 Å². The highest BCUT2D eigenvalue weighted by Gasteiger charge is 2.13. The van der Waals surface area contributed by atoms with Gasteiger partial charge in [0, 0.05) is 13.2 Å². The number of hydrogen-bond acceptors (Lipinski definition) is 6. The van der Waals surface area contributed by atoms with E-state index >= 15 is 0 Å². The van der Waals surface area contributed by atoms with Gasteiger partial charge in [0.25, 0.3) is 5.91 Å². The Bertz CT molecular complexity index is 758. The Hall–Kier alpha value is -2.97. The predicted molar refractivity (Wildman–Crippen MR) is 66.9 cm³/mol. The summed E-state index contributed by atoms with van der Waals surface area (Å²) in [5.41, 5.74) is 6.47. The van der Waals surface area contributed by atoms with E-state index in [-0.39, 0.29) is 5.69 Å². The molecular weight excluding hydrogens is 248 g/mol. The number of H-pyrrole nitrogens is 1. The van der Waals surface area contributed by atoms with Gasteiger partial charge in [0.05, 0.1) is 6.33 Å². The number of carbonyl (C=O) groups excluding carboxylic acids is 1. The van der Waals surface area contributed by atoms with Crippen LogP contribution in [0.3, 0.4) is 0 Å². The Morgan fingerprint density at radius 1 is 1.47 bits per heavy atom. The average Bonchev–Trinajstić information content (AvgIpc) is 3.06. The van der Waals surface area contributed by atoms with Crippen molar-refractivity contribution in [2.24, 2.45) is 5.73 Å². The zero-order valence-corrected chi connectivity index (χ0v) is 9.95. The van der Waals surface area contributed by atoms with Gasteiger partial charge >= 0.3 is 0 Å². The molecule has 0 radical (unpaired) electrons. The molecule has 0 aliphatic carbocycles. The number of imidazole rings is 1. The summed E-state index contributed by atoms with van der Waals surface area (Å²) in [6.45, 7) is 0. The first-order valence-electron chi connectivity index (χ1n) is 5.44. The molecule has 3 aromatic heterocycles. The van der Waals surface area contributed by atoms with Gasteiger partial charge in [0.2, 0.25) is 5.95 Å². The molecule has 9 heteroatoms. The van der Waals surface area contributed by atoms with Crippen LogP contribution in [0.4, 0.5) is 5.95 Å². The van der Waals surface area contributed by atoms with E-state index < -0.39 is 5.91 Å². The van der Waals surface area contributed by atoms with Crippen LogP contribution in [0.2, 0.25) is 0 Å². The molecule has 96 valence electrons. The predicted octanol–water partition coefficient (Wildman–Crippen LogP) is -0.321. The lowest BCUT2D eigenvalue weighted by atomic mass is 10.4. The van der Waals surface area contributed by atoms with Crippen LogP contribution >= 0.6 is 0 Å². The van der Waals surface area contributed by atoms with E-state index in [4.69, 9.17) is 5.73 Å². The minimum atomic E-state index is -0.595. The summed E-state index contributed by atoms with van der Waals surface area (Å²) in [7, 11) is 1.70. The lowest BCUT2D eigenvalue weighted by Gasteiger charge is -2.04. The second kappa shape index (κ2) is 4.05. The monoisotopic (exact) mass is 258 g/mol. The number of anilines is 1. The molecule has 0 aliphatic heterocycles. The highest BCUT2D eigenvalue weighted by molar-refractivity contribution is 5.90. The Morgan fingerprint density at radius 3 is 3.00 bits per heavy atom. The number of hydrogen-bond donors (Lipinski definition) is 3. The molecule has 0 fully saturated rings. The molecular formula is C10H10N8O. The van der Waals surface area contributed by atoms with E-state index in [1.54, 1.807) is 13.2 Å². The minimum absolute atomic E-state index is 0.164. The van der Waals surface area contributed by atoms with E-state index in [2.05, 4.69) is 30.4 Å². The second-order valence-corrected chi connectivity index (χ2v) is 3.73. The quantitative estimate of drug-likeness (QED) is 0.590. The number of nitrogens with one attached hydrogen (secondary N) is 2. The maximum absolute atomic E-state index is 11.1. The van der Waals surface area contributed by atoms with Crippen molar-refractivity contribution in [3.8, 4) is 5.82 Å². The van der Waals surface area contributed by atoms with Gasteiger partial charge in [0.15, 0.2) is 11.5 Å². The number of rotatable bonds is 3. The van der Waals surface area contributed by atoms with E-state index in [0.717, 1.165) is 0 Å². The van der Waals surface area contributed by atoms with E-state index in [1.807, 2.05) is 0 Å². The fourth-order valence-corrected chi connectivity index (χ4v) is 1.67. The third kappa shape index (κ3) is 1.76. The van der Waals surface area contributed by atoms with Gasteiger partial charge in [0.1, 0.15) is 11.2 Å². The molecule has 3 aromatic rings. The minimum Gasteiger partial charge on any atom is -0.364 e. The van der Waals surface area contributed by atoms with Crippen LogP contribution in [-0.2, 0) is 0 Å². The van der Waals surface area contributed by atoms with Gasteiger partial charge in [-0.1, -0.05) is 0 Å². The van der Waals surface area contributed by atoms with Gasteiger partial charge in [-0.2, -0.15) is 15.1 Å². The third-order valence-corrected chi connectivity index (χ3v) is 2.55. The van der Waals surface area contributed by atoms with Gasteiger partial charge in [-0.25, -0.2) is 9.67 Å². The Balaban J connectivity index is 2.21. The summed E-state index contributed by atoms with van der Waals surface area (Å²) in [6.07, 6.45) is 3.11. The molecule has 19 heavy (non-hydrogen) atoms. The van der Waals surface area contributed by atoms with Crippen molar-refractivity contribution in [2.45, 2.75) is 0 Å². The zero-order valence-electron chi connectivity index (χ0n) is 9.95. The normalized spacial score (nSPS) is 10.8. The molecule has 9 nitrogen and oxygen atoms in total. The highest BCUT2D eigenvalue weighted by Crippen LogP contribution is 2.17. The first-order chi connectivity index (χ1) is 9.19. The fourth-order valence-electron chi connectivity index (χ4n) is 1.67. The third-order valence-electron chi connectivity index (χ3n) is 2.55. The van der Waals surface area contributed by atoms with Crippen molar-refractivity contribution in [1.82, 2.24) is 29.7 Å². The summed E-state index contributed by atoms with van der Waals surface area (Å²) >= 11 is 0. The number of aromatic nitrogens is 6. The SMILES string of the molecule is CNc1nc(-n2ccc(C(N)=O)n2)c2[nH]cnc2n1. The molecule has 3 rings (SSSR count). The van der Waals surface area contributed by atoms with Crippen LogP contribution in [0, 0.1) is 0 Å². The number of nitrogens with zero attached hydrogens (tertiary/aromatic N) is 5. The summed E-state index contributed by atoms with van der Waals surface area (Å²) < 4.78 is 1.45. The molecule has 0 aliphatic rings. The van der Waals surface area contributed by atoms with Crippen LogP contribution in [-0.4, -0.2) is 42.7 Å².